The average Bonchev–Trinajstić information content (AvgIpc) is 2.78. The van der Waals surface area contributed by atoms with Crippen molar-refractivity contribution in [1.82, 2.24) is 4.98 Å². The highest BCUT2D eigenvalue weighted by Gasteiger charge is 2.20. The lowest BCUT2D eigenvalue weighted by Gasteiger charge is -2.17. The molecule has 32 heavy (non-hydrogen) atoms. The van der Waals surface area contributed by atoms with Crippen LogP contribution in [0.25, 0.3) is 10.8 Å². The number of nitrogens with zero attached hydrogens (tertiary/aromatic N) is 3. The van der Waals surface area contributed by atoms with Gasteiger partial charge < -0.3 is 5.84 Å². The van der Waals surface area contributed by atoms with Gasteiger partial charge in [0.05, 0.1) is 17.6 Å². The van der Waals surface area contributed by atoms with Crippen LogP contribution in [0.15, 0.2) is 87.7 Å². The monoisotopic (exact) mass is 450 g/mol. The quantitative estimate of drug-likeness (QED) is 0.182. The number of pyridine rings is 1. The maximum Gasteiger partial charge on any atom is 0.295 e. The molecule has 2 aromatic carbocycles. The Balaban J connectivity index is 1.63. The normalized spacial score (nSPS) is 16.3. The van der Waals surface area contributed by atoms with Crippen molar-refractivity contribution >= 4 is 38.0 Å². The van der Waals surface area contributed by atoms with Crippen molar-refractivity contribution in [3.8, 4) is 0 Å². The van der Waals surface area contributed by atoms with Crippen LogP contribution in [0.5, 0.6) is 0 Å². The molecule has 0 fully saturated rings. The van der Waals surface area contributed by atoms with Crippen molar-refractivity contribution in [3.05, 3.63) is 78.2 Å². The predicted molar refractivity (Wildman–Crippen MR) is 124 cm³/mol. The molecular formula is C22H22N6O3S. The van der Waals surface area contributed by atoms with Crippen molar-refractivity contribution in [2.24, 2.45) is 16.2 Å². The van der Waals surface area contributed by atoms with Crippen LogP contribution in [0, 0.1) is 0 Å². The van der Waals surface area contributed by atoms with Crippen molar-refractivity contribution in [3.63, 3.8) is 0 Å². The van der Waals surface area contributed by atoms with Crippen molar-refractivity contribution in [1.29, 1.82) is 0 Å². The van der Waals surface area contributed by atoms with Gasteiger partial charge >= 0.3 is 0 Å². The van der Waals surface area contributed by atoms with Gasteiger partial charge in [-0.2, -0.15) is 8.42 Å². The first-order chi connectivity index (χ1) is 15.4. The highest BCUT2D eigenvalue weighted by Crippen LogP contribution is 2.38. The number of anilines is 2. The van der Waals surface area contributed by atoms with Crippen LogP contribution in [0.3, 0.4) is 0 Å². The lowest BCUT2D eigenvalue weighted by molar-refractivity contribution is 0.484. The minimum absolute atomic E-state index is 0.232. The van der Waals surface area contributed by atoms with Crippen molar-refractivity contribution < 1.29 is 13.0 Å². The Morgan fingerprint density at radius 2 is 1.94 bits per heavy atom. The number of hydrogen-bond donors (Lipinski definition) is 4. The van der Waals surface area contributed by atoms with Crippen LogP contribution in [0.4, 0.5) is 17.1 Å². The number of hydrogen-bond acceptors (Lipinski definition) is 7. The molecule has 0 spiro atoms. The molecule has 164 valence electrons. The molecule has 0 saturated carbocycles. The van der Waals surface area contributed by atoms with Crippen LogP contribution >= 0.6 is 0 Å². The lowest BCUT2D eigenvalue weighted by Crippen LogP contribution is -2.11. The molecule has 1 atom stereocenters. The highest BCUT2D eigenvalue weighted by molar-refractivity contribution is 7.86. The summed E-state index contributed by atoms with van der Waals surface area (Å²) in [6.07, 6.45) is 8.99. The lowest BCUT2D eigenvalue weighted by atomic mass is 9.94. The predicted octanol–water partition coefficient (Wildman–Crippen LogP) is 4.87. The molecular weight excluding hydrogens is 428 g/mol. The number of allylic oxidation sites excluding steroid dienone is 4. The first-order valence-corrected chi connectivity index (χ1v) is 11.3. The summed E-state index contributed by atoms with van der Waals surface area (Å²) in [4.78, 5) is 4.27. The van der Waals surface area contributed by atoms with E-state index in [2.05, 4.69) is 51.3 Å². The van der Waals surface area contributed by atoms with E-state index in [1.54, 1.807) is 30.5 Å². The zero-order valence-electron chi connectivity index (χ0n) is 17.2. The summed E-state index contributed by atoms with van der Waals surface area (Å²) in [5, 5.41) is 8.07. The third-order valence-corrected chi connectivity index (χ3v) is 6.10. The van der Waals surface area contributed by atoms with Gasteiger partial charge in [-0.1, -0.05) is 53.3 Å². The smallest absolute Gasteiger partial charge is 0.295 e. The average molecular weight is 451 g/mol. The summed E-state index contributed by atoms with van der Waals surface area (Å²) in [7, 11) is -4.48. The zero-order chi connectivity index (χ0) is 22.7. The SMILES string of the molecule is CC1=CCC(c2ccc(NNc3cc(S(=O)(=O)O)c4ccccc4c3N=NN)cn2)C=C1. The van der Waals surface area contributed by atoms with E-state index in [4.69, 9.17) is 5.84 Å². The molecule has 1 heterocycles. The second kappa shape index (κ2) is 8.77. The Morgan fingerprint density at radius 1 is 1.16 bits per heavy atom. The van der Waals surface area contributed by atoms with Crippen LogP contribution in [0.2, 0.25) is 0 Å². The number of aromatic nitrogens is 1. The number of benzene rings is 2. The van der Waals surface area contributed by atoms with Gasteiger partial charge in [-0.25, -0.2) is 0 Å². The second-order valence-corrected chi connectivity index (χ2v) is 8.77. The topological polar surface area (TPSA) is 142 Å². The van der Waals surface area contributed by atoms with E-state index in [1.807, 2.05) is 12.1 Å². The van der Waals surface area contributed by atoms with E-state index >= 15 is 0 Å². The minimum Gasteiger partial charge on any atom is -0.305 e. The molecule has 1 aromatic heterocycles. The molecule has 1 aliphatic rings. The number of rotatable bonds is 6. The number of fused-ring (bicyclic) bond motifs is 1. The van der Waals surface area contributed by atoms with Gasteiger partial charge in [-0.05, 0) is 31.5 Å². The molecule has 9 nitrogen and oxygen atoms in total. The molecule has 10 heteroatoms. The van der Waals surface area contributed by atoms with Gasteiger partial charge in [0, 0.05) is 22.4 Å². The highest BCUT2D eigenvalue weighted by atomic mass is 32.2. The number of nitrogens with one attached hydrogen (secondary N) is 2. The van der Waals surface area contributed by atoms with E-state index in [0.29, 0.717) is 22.1 Å². The first-order valence-electron chi connectivity index (χ1n) is 9.84. The molecule has 0 radical (unpaired) electrons. The molecule has 1 aliphatic carbocycles. The Kier molecular flexibility index (Phi) is 5.89. The molecule has 0 bridgehead atoms. The third kappa shape index (κ3) is 4.46. The molecule has 0 saturated heterocycles. The summed E-state index contributed by atoms with van der Waals surface area (Å²) in [5.74, 6) is 5.50. The van der Waals surface area contributed by atoms with Gasteiger partial charge in [0.15, 0.2) is 0 Å². The summed E-state index contributed by atoms with van der Waals surface area (Å²) in [6, 6.07) is 11.7. The van der Waals surface area contributed by atoms with E-state index in [-0.39, 0.29) is 16.5 Å². The van der Waals surface area contributed by atoms with Gasteiger partial charge in [-0.3, -0.25) is 20.4 Å². The molecule has 0 amide bonds. The van der Waals surface area contributed by atoms with E-state index in [1.165, 1.54) is 11.6 Å². The molecule has 4 rings (SSSR count). The standard InChI is InChI=1S/C22H22N6O3S/c1-14-6-8-15(9-7-14)19-11-10-16(13-24-19)25-26-20-12-21(32(29,30)31)17-4-2-3-5-18(17)22(20)27-28-23/h2-8,10-13,15,25-26H,9H2,1H3,(H2,23,27)(H,29,30,31). The third-order valence-electron chi connectivity index (χ3n) is 5.21. The maximum absolute atomic E-state index is 12.0. The van der Waals surface area contributed by atoms with Crippen LogP contribution < -0.4 is 16.7 Å². The van der Waals surface area contributed by atoms with E-state index < -0.39 is 10.1 Å². The van der Waals surface area contributed by atoms with Crippen LogP contribution in [-0.2, 0) is 10.1 Å². The van der Waals surface area contributed by atoms with Gasteiger partial charge in [0.2, 0.25) is 0 Å². The Hall–Kier alpha value is -3.76. The van der Waals surface area contributed by atoms with E-state index in [0.717, 1.165) is 12.1 Å². The van der Waals surface area contributed by atoms with Gasteiger partial charge in [0.25, 0.3) is 10.1 Å². The minimum atomic E-state index is -4.48. The number of hydrazine groups is 1. The van der Waals surface area contributed by atoms with E-state index in [9.17, 15) is 13.0 Å². The van der Waals surface area contributed by atoms with Crippen molar-refractivity contribution in [2.75, 3.05) is 10.9 Å². The van der Waals surface area contributed by atoms with Gasteiger partial charge in [0.1, 0.15) is 10.6 Å². The fourth-order valence-electron chi connectivity index (χ4n) is 3.59. The van der Waals surface area contributed by atoms with Crippen LogP contribution in [-0.4, -0.2) is 18.0 Å². The molecule has 3 aromatic rings. The summed E-state index contributed by atoms with van der Waals surface area (Å²) < 4.78 is 33.6. The Morgan fingerprint density at radius 3 is 2.56 bits per heavy atom. The fourth-order valence-corrected chi connectivity index (χ4v) is 4.31. The largest absolute Gasteiger partial charge is 0.305 e. The number of nitrogens with two attached hydrogens (primary N) is 1. The Bertz CT molecular complexity index is 1350. The first kappa shape index (κ1) is 21.5. The van der Waals surface area contributed by atoms with Crippen LogP contribution in [0.1, 0.15) is 25.0 Å². The summed E-state index contributed by atoms with van der Waals surface area (Å²) in [6.45, 7) is 2.07. The maximum atomic E-state index is 12.0. The molecule has 0 aliphatic heterocycles. The van der Waals surface area contributed by atoms with Crippen molar-refractivity contribution in [2.45, 2.75) is 24.2 Å². The summed E-state index contributed by atoms with van der Waals surface area (Å²) >= 11 is 0. The molecule has 1 unspecified atom stereocenters. The van der Waals surface area contributed by atoms with Gasteiger partial charge in [-0.15, -0.1) is 5.11 Å². The Labute approximate surface area is 185 Å². The second-order valence-electron chi connectivity index (χ2n) is 7.38. The zero-order valence-corrected chi connectivity index (χ0v) is 18.0. The molecule has 5 N–H and O–H groups in total. The fraction of sp³-hybridized carbons (Fsp3) is 0.136. The summed E-state index contributed by atoms with van der Waals surface area (Å²) in [5.41, 5.74) is 9.34.